The standard InChI is InChI=1S/C16H17BrN4/c17-13-2-1-12-10-21(8-6-11(12)9-13)15-5-7-18-16(20-15)19-14-3-4-14/h1-2,5,7,9,14H,3-4,6,8,10H2,(H,18,19,20). The summed E-state index contributed by atoms with van der Waals surface area (Å²) in [4.78, 5) is 11.3. The van der Waals surface area contributed by atoms with Gasteiger partial charge in [0.25, 0.3) is 0 Å². The Kier molecular flexibility index (Phi) is 3.30. The Labute approximate surface area is 132 Å². The van der Waals surface area contributed by atoms with Crippen molar-refractivity contribution in [3.8, 4) is 0 Å². The van der Waals surface area contributed by atoms with Crippen LogP contribution in [0.4, 0.5) is 11.8 Å². The lowest BCUT2D eigenvalue weighted by atomic mass is 10.00. The average Bonchev–Trinajstić information content (AvgIpc) is 3.31. The number of aromatic nitrogens is 2. The number of fused-ring (bicyclic) bond motifs is 1. The van der Waals surface area contributed by atoms with Gasteiger partial charge < -0.3 is 10.2 Å². The number of nitrogens with one attached hydrogen (secondary N) is 1. The van der Waals surface area contributed by atoms with Gasteiger partial charge in [0.05, 0.1) is 0 Å². The first-order valence-corrected chi connectivity index (χ1v) is 8.19. The maximum absolute atomic E-state index is 4.66. The maximum Gasteiger partial charge on any atom is 0.224 e. The lowest BCUT2D eigenvalue weighted by Crippen LogP contribution is -2.31. The van der Waals surface area contributed by atoms with E-state index in [4.69, 9.17) is 0 Å². The van der Waals surface area contributed by atoms with Gasteiger partial charge in [-0.1, -0.05) is 22.0 Å². The van der Waals surface area contributed by atoms with Gasteiger partial charge in [-0.05, 0) is 48.6 Å². The molecule has 1 aliphatic carbocycles. The lowest BCUT2D eigenvalue weighted by Gasteiger charge is -2.30. The molecule has 0 spiro atoms. The van der Waals surface area contributed by atoms with Crippen LogP contribution in [0.5, 0.6) is 0 Å². The zero-order valence-corrected chi connectivity index (χ0v) is 13.3. The van der Waals surface area contributed by atoms with E-state index in [2.05, 4.69) is 54.3 Å². The number of hydrogen-bond acceptors (Lipinski definition) is 4. The fourth-order valence-electron chi connectivity index (χ4n) is 2.72. The van der Waals surface area contributed by atoms with Crippen molar-refractivity contribution in [2.45, 2.75) is 31.8 Å². The highest BCUT2D eigenvalue weighted by atomic mass is 79.9. The second kappa shape index (κ2) is 5.30. The van der Waals surface area contributed by atoms with Crippen molar-refractivity contribution in [2.24, 2.45) is 0 Å². The predicted octanol–water partition coefficient (Wildman–Crippen LogP) is 3.38. The minimum absolute atomic E-state index is 0.583. The fourth-order valence-corrected chi connectivity index (χ4v) is 3.13. The summed E-state index contributed by atoms with van der Waals surface area (Å²) in [5, 5.41) is 3.37. The number of rotatable bonds is 3. The van der Waals surface area contributed by atoms with Crippen molar-refractivity contribution in [2.75, 3.05) is 16.8 Å². The Morgan fingerprint density at radius 1 is 1.19 bits per heavy atom. The minimum Gasteiger partial charge on any atom is -0.352 e. The van der Waals surface area contributed by atoms with E-state index >= 15 is 0 Å². The number of benzene rings is 1. The quantitative estimate of drug-likeness (QED) is 0.926. The van der Waals surface area contributed by atoms with Crippen LogP contribution in [0.2, 0.25) is 0 Å². The first-order chi connectivity index (χ1) is 10.3. The summed E-state index contributed by atoms with van der Waals surface area (Å²) < 4.78 is 1.16. The number of nitrogens with zero attached hydrogens (tertiary/aromatic N) is 3. The molecule has 4 nitrogen and oxygen atoms in total. The Balaban J connectivity index is 1.55. The monoisotopic (exact) mass is 344 g/mol. The van der Waals surface area contributed by atoms with Crippen molar-refractivity contribution >= 4 is 27.7 Å². The molecule has 108 valence electrons. The Morgan fingerprint density at radius 2 is 2.10 bits per heavy atom. The first kappa shape index (κ1) is 13.1. The van der Waals surface area contributed by atoms with E-state index in [0.29, 0.717) is 6.04 Å². The molecule has 21 heavy (non-hydrogen) atoms. The molecule has 4 rings (SSSR count). The third kappa shape index (κ3) is 2.88. The second-order valence-electron chi connectivity index (χ2n) is 5.74. The zero-order chi connectivity index (χ0) is 14.2. The van der Waals surface area contributed by atoms with E-state index in [1.807, 2.05) is 12.3 Å². The van der Waals surface area contributed by atoms with Gasteiger partial charge in [0.2, 0.25) is 5.95 Å². The molecule has 5 heteroatoms. The Morgan fingerprint density at radius 3 is 2.95 bits per heavy atom. The molecule has 1 saturated carbocycles. The van der Waals surface area contributed by atoms with Crippen molar-refractivity contribution < 1.29 is 0 Å². The van der Waals surface area contributed by atoms with Crippen LogP contribution in [0.15, 0.2) is 34.9 Å². The summed E-state index contributed by atoms with van der Waals surface area (Å²) in [6.07, 6.45) is 5.38. The highest BCUT2D eigenvalue weighted by molar-refractivity contribution is 9.10. The summed E-state index contributed by atoms with van der Waals surface area (Å²) in [5.74, 6) is 1.78. The highest BCUT2D eigenvalue weighted by Gasteiger charge is 2.23. The van der Waals surface area contributed by atoms with Crippen LogP contribution in [-0.4, -0.2) is 22.6 Å². The van der Waals surface area contributed by atoms with Gasteiger partial charge in [-0.25, -0.2) is 4.98 Å². The number of hydrogen-bond donors (Lipinski definition) is 1. The largest absolute Gasteiger partial charge is 0.352 e. The van der Waals surface area contributed by atoms with Gasteiger partial charge in [-0.2, -0.15) is 4.98 Å². The summed E-state index contributed by atoms with van der Waals surface area (Å²) in [5.41, 5.74) is 2.82. The van der Waals surface area contributed by atoms with Gasteiger partial charge in [0, 0.05) is 29.8 Å². The third-order valence-corrected chi connectivity index (χ3v) is 4.55. The van der Waals surface area contributed by atoms with Crippen molar-refractivity contribution in [1.29, 1.82) is 0 Å². The van der Waals surface area contributed by atoms with Crippen molar-refractivity contribution in [3.05, 3.63) is 46.1 Å². The van der Waals surface area contributed by atoms with Crippen LogP contribution in [0.1, 0.15) is 24.0 Å². The van der Waals surface area contributed by atoms with Crippen LogP contribution < -0.4 is 10.2 Å². The second-order valence-corrected chi connectivity index (χ2v) is 6.66. The van der Waals surface area contributed by atoms with E-state index in [9.17, 15) is 0 Å². The molecule has 0 amide bonds. The summed E-state index contributed by atoms with van der Waals surface area (Å²) >= 11 is 3.55. The van der Waals surface area contributed by atoms with Gasteiger partial charge in [-0.15, -0.1) is 0 Å². The van der Waals surface area contributed by atoms with E-state index in [1.54, 1.807) is 0 Å². The Hall–Kier alpha value is -1.62. The SMILES string of the molecule is Brc1ccc2c(c1)CCN(c1ccnc(NC3CC3)n1)C2. The Bertz CT molecular complexity index is 669. The van der Waals surface area contributed by atoms with Gasteiger partial charge in [0.1, 0.15) is 5.82 Å². The first-order valence-electron chi connectivity index (χ1n) is 7.40. The normalized spacial score (nSPS) is 17.5. The van der Waals surface area contributed by atoms with Crippen LogP contribution in [0.25, 0.3) is 0 Å². The minimum atomic E-state index is 0.583. The molecule has 2 heterocycles. The van der Waals surface area contributed by atoms with Crippen LogP contribution in [0.3, 0.4) is 0 Å². The molecule has 0 bridgehead atoms. The lowest BCUT2D eigenvalue weighted by molar-refractivity contribution is 0.719. The predicted molar refractivity (Wildman–Crippen MR) is 87.6 cm³/mol. The van der Waals surface area contributed by atoms with Gasteiger partial charge in [-0.3, -0.25) is 0 Å². The van der Waals surface area contributed by atoms with E-state index < -0.39 is 0 Å². The van der Waals surface area contributed by atoms with Crippen LogP contribution in [-0.2, 0) is 13.0 Å². The van der Waals surface area contributed by atoms with Crippen molar-refractivity contribution in [1.82, 2.24) is 9.97 Å². The highest BCUT2D eigenvalue weighted by Crippen LogP contribution is 2.27. The maximum atomic E-state index is 4.66. The molecule has 0 radical (unpaired) electrons. The topological polar surface area (TPSA) is 41.1 Å². The molecule has 0 atom stereocenters. The third-order valence-electron chi connectivity index (χ3n) is 4.06. The van der Waals surface area contributed by atoms with Crippen LogP contribution in [0, 0.1) is 0 Å². The van der Waals surface area contributed by atoms with E-state index in [1.165, 1.54) is 24.0 Å². The smallest absolute Gasteiger partial charge is 0.224 e. The van der Waals surface area contributed by atoms with E-state index in [-0.39, 0.29) is 0 Å². The molecule has 1 aliphatic heterocycles. The van der Waals surface area contributed by atoms with E-state index in [0.717, 1.165) is 35.7 Å². The zero-order valence-electron chi connectivity index (χ0n) is 11.7. The molecule has 0 unspecified atom stereocenters. The molecule has 2 aliphatic rings. The molecule has 0 saturated heterocycles. The molecule has 1 aromatic carbocycles. The van der Waals surface area contributed by atoms with Crippen LogP contribution >= 0.6 is 15.9 Å². The number of halogens is 1. The molecule has 1 fully saturated rings. The summed E-state index contributed by atoms with van der Waals surface area (Å²) in [6, 6.07) is 9.13. The molecule has 1 aromatic heterocycles. The summed E-state index contributed by atoms with van der Waals surface area (Å²) in [7, 11) is 0. The number of anilines is 2. The molecular weight excluding hydrogens is 328 g/mol. The average molecular weight is 345 g/mol. The van der Waals surface area contributed by atoms with Gasteiger partial charge in [0.15, 0.2) is 0 Å². The van der Waals surface area contributed by atoms with Crippen molar-refractivity contribution in [3.63, 3.8) is 0 Å². The fraction of sp³-hybridized carbons (Fsp3) is 0.375. The molecule has 1 N–H and O–H groups in total. The molecule has 2 aromatic rings. The van der Waals surface area contributed by atoms with Gasteiger partial charge >= 0.3 is 0 Å². The molecular formula is C16H17BrN4. The summed E-state index contributed by atoms with van der Waals surface area (Å²) in [6.45, 7) is 1.92.